The van der Waals surface area contributed by atoms with Crippen molar-refractivity contribution < 1.29 is 14.6 Å². The molecule has 0 fully saturated rings. The molecule has 0 atom stereocenters. The van der Waals surface area contributed by atoms with Gasteiger partial charge in [-0.25, -0.2) is 0 Å². The normalized spacial score (nSPS) is 14.7. The van der Waals surface area contributed by atoms with E-state index in [4.69, 9.17) is 4.74 Å². The highest BCUT2D eigenvalue weighted by atomic mass is 16.5. The van der Waals surface area contributed by atoms with Gasteiger partial charge in [-0.05, 0) is 28.8 Å². The molecule has 3 nitrogen and oxygen atoms in total. The second-order valence-corrected chi connectivity index (χ2v) is 6.29. The standard InChI is InChI=1S/C22H18O3/c1-25-22(14-15-10-12-16(23)13-11-15)19-8-4-2-6-17(19)21(24)18-7-3-5-9-20(18)22/h2-13,23H,14H2,1H3. The van der Waals surface area contributed by atoms with Crippen LogP contribution in [0.1, 0.15) is 32.6 Å². The third kappa shape index (κ3) is 2.36. The number of phenols is 1. The number of hydrogen-bond donors (Lipinski definition) is 1. The van der Waals surface area contributed by atoms with Gasteiger partial charge in [-0.2, -0.15) is 0 Å². The minimum Gasteiger partial charge on any atom is -0.508 e. The summed E-state index contributed by atoms with van der Waals surface area (Å²) in [5.41, 5.74) is 3.42. The largest absolute Gasteiger partial charge is 0.508 e. The highest BCUT2D eigenvalue weighted by molar-refractivity contribution is 6.13. The molecule has 124 valence electrons. The Morgan fingerprint density at radius 2 is 1.36 bits per heavy atom. The molecule has 3 heteroatoms. The summed E-state index contributed by atoms with van der Waals surface area (Å²) < 4.78 is 6.10. The smallest absolute Gasteiger partial charge is 0.193 e. The number of hydrogen-bond acceptors (Lipinski definition) is 3. The Labute approximate surface area is 146 Å². The van der Waals surface area contributed by atoms with E-state index >= 15 is 0 Å². The van der Waals surface area contributed by atoms with Crippen molar-refractivity contribution in [2.24, 2.45) is 0 Å². The first kappa shape index (κ1) is 15.6. The molecule has 0 radical (unpaired) electrons. The van der Waals surface area contributed by atoms with E-state index < -0.39 is 5.60 Å². The number of ether oxygens (including phenoxy) is 1. The number of rotatable bonds is 3. The first-order valence-electron chi connectivity index (χ1n) is 8.22. The lowest BCUT2D eigenvalue weighted by molar-refractivity contribution is 0.0190. The zero-order chi connectivity index (χ0) is 17.4. The van der Waals surface area contributed by atoms with Crippen LogP contribution in [0.4, 0.5) is 0 Å². The Morgan fingerprint density at radius 3 is 1.88 bits per heavy atom. The second kappa shape index (κ2) is 5.87. The monoisotopic (exact) mass is 330 g/mol. The van der Waals surface area contributed by atoms with E-state index in [0.717, 1.165) is 16.7 Å². The lowest BCUT2D eigenvalue weighted by Crippen LogP contribution is -2.39. The zero-order valence-electron chi connectivity index (χ0n) is 13.9. The van der Waals surface area contributed by atoms with Crippen molar-refractivity contribution in [2.75, 3.05) is 7.11 Å². The van der Waals surface area contributed by atoms with Crippen molar-refractivity contribution in [2.45, 2.75) is 12.0 Å². The number of carbonyl (C=O) groups excluding carboxylic acids is 1. The van der Waals surface area contributed by atoms with Gasteiger partial charge in [0.1, 0.15) is 11.4 Å². The molecular formula is C22H18O3. The van der Waals surface area contributed by atoms with Crippen LogP contribution in [-0.4, -0.2) is 18.0 Å². The van der Waals surface area contributed by atoms with E-state index in [0.29, 0.717) is 17.5 Å². The van der Waals surface area contributed by atoms with E-state index in [9.17, 15) is 9.90 Å². The molecule has 0 aliphatic heterocycles. The Kier molecular flexibility index (Phi) is 3.66. The van der Waals surface area contributed by atoms with E-state index in [1.165, 1.54) is 0 Å². The first-order valence-corrected chi connectivity index (χ1v) is 8.22. The first-order chi connectivity index (χ1) is 12.2. The molecule has 0 heterocycles. The molecule has 0 bridgehead atoms. The summed E-state index contributed by atoms with van der Waals surface area (Å²) in [5, 5.41) is 9.56. The number of aromatic hydroxyl groups is 1. The number of benzene rings is 3. The predicted molar refractivity (Wildman–Crippen MR) is 95.9 cm³/mol. The van der Waals surface area contributed by atoms with Gasteiger partial charge in [-0.3, -0.25) is 4.79 Å². The molecular weight excluding hydrogens is 312 g/mol. The van der Waals surface area contributed by atoms with Crippen molar-refractivity contribution in [3.8, 4) is 5.75 Å². The van der Waals surface area contributed by atoms with E-state index in [1.807, 2.05) is 60.7 Å². The minimum atomic E-state index is -0.738. The summed E-state index contributed by atoms with van der Waals surface area (Å²) in [7, 11) is 1.68. The van der Waals surface area contributed by atoms with Crippen LogP contribution in [0.25, 0.3) is 0 Å². The molecule has 3 aromatic carbocycles. The summed E-state index contributed by atoms with van der Waals surface area (Å²) in [5.74, 6) is 0.263. The van der Waals surface area contributed by atoms with Gasteiger partial charge >= 0.3 is 0 Å². The predicted octanol–water partition coefficient (Wildman–Crippen LogP) is 4.07. The minimum absolute atomic E-state index is 0.0320. The molecule has 3 aromatic rings. The topological polar surface area (TPSA) is 46.5 Å². The van der Waals surface area contributed by atoms with Crippen molar-refractivity contribution in [1.29, 1.82) is 0 Å². The summed E-state index contributed by atoms with van der Waals surface area (Å²) in [6.07, 6.45) is 0.574. The zero-order valence-corrected chi connectivity index (χ0v) is 13.9. The molecule has 1 aliphatic carbocycles. The molecule has 25 heavy (non-hydrogen) atoms. The molecule has 1 N–H and O–H groups in total. The maximum absolute atomic E-state index is 12.9. The van der Waals surface area contributed by atoms with Gasteiger partial charge in [0, 0.05) is 24.7 Å². The molecule has 1 aliphatic rings. The van der Waals surface area contributed by atoms with Gasteiger partial charge in [-0.1, -0.05) is 60.7 Å². The van der Waals surface area contributed by atoms with Crippen LogP contribution in [0, 0.1) is 0 Å². The highest BCUT2D eigenvalue weighted by Crippen LogP contribution is 2.44. The van der Waals surface area contributed by atoms with Crippen LogP contribution >= 0.6 is 0 Å². The van der Waals surface area contributed by atoms with Gasteiger partial charge in [-0.15, -0.1) is 0 Å². The van der Waals surface area contributed by atoms with Crippen LogP contribution in [0.15, 0.2) is 72.8 Å². The Hall–Kier alpha value is -2.91. The van der Waals surface area contributed by atoms with Gasteiger partial charge < -0.3 is 9.84 Å². The summed E-state index contributed by atoms with van der Waals surface area (Å²) in [6.45, 7) is 0. The van der Waals surface area contributed by atoms with Gasteiger partial charge in [0.2, 0.25) is 0 Å². The summed E-state index contributed by atoms with van der Waals surface area (Å²) >= 11 is 0. The molecule has 0 unspecified atom stereocenters. The number of methoxy groups -OCH3 is 1. The Balaban J connectivity index is 1.96. The van der Waals surface area contributed by atoms with Gasteiger partial charge in [0.25, 0.3) is 0 Å². The van der Waals surface area contributed by atoms with Crippen molar-refractivity contribution in [3.05, 3.63) is 101 Å². The molecule has 0 aromatic heterocycles. The molecule has 0 saturated heterocycles. The van der Waals surface area contributed by atoms with E-state index in [-0.39, 0.29) is 11.5 Å². The summed E-state index contributed by atoms with van der Waals surface area (Å²) in [4.78, 5) is 12.9. The van der Waals surface area contributed by atoms with Crippen LogP contribution < -0.4 is 0 Å². The maximum Gasteiger partial charge on any atom is 0.193 e. The third-order valence-electron chi connectivity index (χ3n) is 4.95. The maximum atomic E-state index is 12.9. The summed E-state index contributed by atoms with van der Waals surface area (Å²) in [6, 6.07) is 22.4. The van der Waals surface area contributed by atoms with Crippen LogP contribution in [0.2, 0.25) is 0 Å². The number of fused-ring (bicyclic) bond motifs is 2. The van der Waals surface area contributed by atoms with Crippen molar-refractivity contribution in [3.63, 3.8) is 0 Å². The lowest BCUT2D eigenvalue weighted by Gasteiger charge is -2.39. The van der Waals surface area contributed by atoms with Crippen molar-refractivity contribution >= 4 is 5.78 Å². The van der Waals surface area contributed by atoms with E-state index in [1.54, 1.807) is 19.2 Å². The number of carbonyl (C=O) groups is 1. The fourth-order valence-corrected chi connectivity index (χ4v) is 3.74. The fraction of sp³-hybridized carbons (Fsp3) is 0.136. The van der Waals surface area contributed by atoms with Crippen molar-refractivity contribution in [1.82, 2.24) is 0 Å². The number of ketones is 1. The third-order valence-corrected chi connectivity index (χ3v) is 4.95. The fourth-order valence-electron chi connectivity index (χ4n) is 3.74. The van der Waals surface area contributed by atoms with Crippen LogP contribution in [-0.2, 0) is 16.8 Å². The molecule has 0 amide bonds. The molecule has 4 rings (SSSR count). The number of phenolic OH excluding ortho intramolecular Hbond substituents is 1. The highest BCUT2D eigenvalue weighted by Gasteiger charge is 2.43. The van der Waals surface area contributed by atoms with Gasteiger partial charge in [0.05, 0.1) is 0 Å². The van der Waals surface area contributed by atoms with Crippen LogP contribution in [0.5, 0.6) is 5.75 Å². The Bertz CT molecular complexity index is 892. The molecule has 0 saturated carbocycles. The Morgan fingerprint density at radius 1 is 0.840 bits per heavy atom. The quantitative estimate of drug-likeness (QED) is 0.787. The average molecular weight is 330 g/mol. The SMILES string of the molecule is COC1(Cc2ccc(O)cc2)c2ccccc2C(=O)c2ccccc21. The second-order valence-electron chi connectivity index (χ2n) is 6.29. The van der Waals surface area contributed by atoms with Gasteiger partial charge in [0.15, 0.2) is 5.78 Å². The lowest BCUT2D eigenvalue weighted by atomic mass is 9.71. The molecule has 0 spiro atoms. The van der Waals surface area contributed by atoms with Crippen LogP contribution in [0.3, 0.4) is 0 Å². The van der Waals surface area contributed by atoms with E-state index in [2.05, 4.69) is 0 Å². The average Bonchev–Trinajstić information content (AvgIpc) is 2.67.